The van der Waals surface area contributed by atoms with Crippen molar-refractivity contribution in [2.24, 2.45) is 5.73 Å². The summed E-state index contributed by atoms with van der Waals surface area (Å²) in [5.74, 6) is 1.08. The number of benzene rings is 1. The number of nitrogens with zero attached hydrogens (tertiary/aromatic N) is 1. The summed E-state index contributed by atoms with van der Waals surface area (Å²) in [6.45, 7) is 2.02. The number of likely N-dealkylation sites (tertiary alicyclic amines) is 1. The van der Waals surface area contributed by atoms with E-state index in [1.807, 2.05) is 24.0 Å². The number of hydrogen-bond acceptors (Lipinski definition) is 3. The smallest absolute Gasteiger partial charge is 0.225 e. The zero-order chi connectivity index (χ0) is 13.6. The van der Waals surface area contributed by atoms with Crippen LogP contribution in [0.4, 0.5) is 0 Å². The largest absolute Gasteiger partial charge is 0.496 e. The zero-order valence-electron chi connectivity index (χ0n) is 11.4. The van der Waals surface area contributed by atoms with E-state index in [4.69, 9.17) is 10.5 Å². The maximum atomic E-state index is 12.1. The molecule has 1 saturated carbocycles. The van der Waals surface area contributed by atoms with E-state index in [0.717, 1.165) is 29.7 Å². The summed E-state index contributed by atoms with van der Waals surface area (Å²) >= 11 is 0. The SMILES string of the molecule is COc1ccc(C2C(N)CC(=O)N2C2CC2)cc1C. The molecular weight excluding hydrogens is 240 g/mol. The lowest BCUT2D eigenvalue weighted by Crippen LogP contribution is -2.34. The highest BCUT2D eigenvalue weighted by atomic mass is 16.5. The average molecular weight is 260 g/mol. The first-order valence-corrected chi connectivity index (χ1v) is 6.83. The summed E-state index contributed by atoms with van der Waals surface area (Å²) in [7, 11) is 1.67. The molecule has 4 heteroatoms. The third-order valence-corrected chi connectivity index (χ3v) is 4.10. The number of rotatable bonds is 3. The molecular formula is C15H20N2O2. The molecule has 19 heavy (non-hydrogen) atoms. The molecule has 2 fully saturated rings. The van der Waals surface area contributed by atoms with Gasteiger partial charge in [-0.15, -0.1) is 0 Å². The Morgan fingerprint density at radius 1 is 1.37 bits per heavy atom. The summed E-state index contributed by atoms with van der Waals surface area (Å²) in [5.41, 5.74) is 8.40. The van der Waals surface area contributed by atoms with E-state index < -0.39 is 0 Å². The van der Waals surface area contributed by atoms with Crippen LogP contribution in [-0.4, -0.2) is 30.0 Å². The quantitative estimate of drug-likeness (QED) is 0.901. The molecule has 0 bridgehead atoms. The molecule has 0 aromatic heterocycles. The van der Waals surface area contributed by atoms with Gasteiger partial charge in [0.25, 0.3) is 0 Å². The first-order valence-electron chi connectivity index (χ1n) is 6.83. The maximum Gasteiger partial charge on any atom is 0.225 e. The minimum Gasteiger partial charge on any atom is -0.496 e. The molecule has 1 aromatic rings. The molecule has 102 valence electrons. The Morgan fingerprint density at radius 2 is 2.11 bits per heavy atom. The Bertz CT molecular complexity index is 511. The second kappa shape index (κ2) is 4.53. The molecule has 1 aliphatic carbocycles. The van der Waals surface area contributed by atoms with Gasteiger partial charge in [0.05, 0.1) is 13.2 Å². The van der Waals surface area contributed by atoms with Crippen LogP contribution < -0.4 is 10.5 Å². The molecule has 1 heterocycles. The summed E-state index contributed by atoms with van der Waals surface area (Å²) in [4.78, 5) is 14.1. The monoisotopic (exact) mass is 260 g/mol. The van der Waals surface area contributed by atoms with Gasteiger partial charge in [-0.2, -0.15) is 0 Å². The predicted octanol–water partition coefficient (Wildman–Crippen LogP) is 1.77. The first-order chi connectivity index (χ1) is 9.11. The number of ether oxygens (including phenoxy) is 1. The van der Waals surface area contributed by atoms with Crippen LogP contribution in [0.15, 0.2) is 18.2 Å². The lowest BCUT2D eigenvalue weighted by atomic mass is 9.98. The van der Waals surface area contributed by atoms with Gasteiger partial charge in [-0.1, -0.05) is 12.1 Å². The van der Waals surface area contributed by atoms with Gasteiger partial charge < -0.3 is 15.4 Å². The third-order valence-electron chi connectivity index (χ3n) is 4.10. The van der Waals surface area contributed by atoms with Crippen LogP contribution in [-0.2, 0) is 4.79 Å². The normalized spacial score (nSPS) is 26.9. The summed E-state index contributed by atoms with van der Waals surface area (Å²) in [5, 5.41) is 0. The van der Waals surface area contributed by atoms with Crippen LogP contribution in [0.25, 0.3) is 0 Å². The van der Waals surface area contributed by atoms with E-state index in [0.29, 0.717) is 12.5 Å². The second-order valence-electron chi connectivity index (χ2n) is 5.57. The fourth-order valence-corrected chi connectivity index (χ4v) is 3.06. The molecule has 0 radical (unpaired) electrons. The van der Waals surface area contributed by atoms with E-state index in [9.17, 15) is 4.79 Å². The summed E-state index contributed by atoms with van der Waals surface area (Å²) < 4.78 is 5.29. The highest BCUT2D eigenvalue weighted by Gasteiger charge is 2.45. The molecule has 3 rings (SSSR count). The van der Waals surface area contributed by atoms with Crippen molar-refractivity contribution in [3.8, 4) is 5.75 Å². The van der Waals surface area contributed by atoms with Gasteiger partial charge >= 0.3 is 0 Å². The van der Waals surface area contributed by atoms with Crippen LogP contribution in [0.3, 0.4) is 0 Å². The van der Waals surface area contributed by atoms with E-state index in [1.54, 1.807) is 7.11 Å². The van der Waals surface area contributed by atoms with Crippen molar-refractivity contribution in [1.29, 1.82) is 0 Å². The third kappa shape index (κ3) is 2.10. The topological polar surface area (TPSA) is 55.6 Å². The van der Waals surface area contributed by atoms with Gasteiger partial charge in [-0.05, 0) is 37.0 Å². The lowest BCUT2D eigenvalue weighted by molar-refractivity contribution is -0.129. The van der Waals surface area contributed by atoms with Gasteiger partial charge in [0.2, 0.25) is 5.91 Å². The number of methoxy groups -OCH3 is 1. The van der Waals surface area contributed by atoms with Gasteiger partial charge in [-0.3, -0.25) is 4.79 Å². The zero-order valence-corrected chi connectivity index (χ0v) is 11.4. The number of nitrogens with two attached hydrogens (primary N) is 1. The fraction of sp³-hybridized carbons (Fsp3) is 0.533. The predicted molar refractivity (Wildman–Crippen MR) is 72.9 cm³/mol. The lowest BCUT2D eigenvalue weighted by Gasteiger charge is -2.27. The Morgan fingerprint density at radius 3 is 2.68 bits per heavy atom. The van der Waals surface area contributed by atoms with Crippen molar-refractivity contribution >= 4 is 5.91 Å². The molecule has 1 saturated heterocycles. The number of aryl methyl sites for hydroxylation is 1. The first kappa shape index (κ1) is 12.5. The molecule has 4 nitrogen and oxygen atoms in total. The molecule has 2 unspecified atom stereocenters. The highest BCUT2D eigenvalue weighted by molar-refractivity contribution is 5.81. The minimum absolute atomic E-state index is 0.0320. The molecule has 2 N–H and O–H groups in total. The summed E-state index contributed by atoms with van der Waals surface area (Å²) in [6, 6.07) is 6.44. The van der Waals surface area contributed by atoms with Crippen molar-refractivity contribution in [3.63, 3.8) is 0 Å². The van der Waals surface area contributed by atoms with Gasteiger partial charge in [0, 0.05) is 18.5 Å². The van der Waals surface area contributed by atoms with Crippen LogP contribution in [0.1, 0.15) is 36.4 Å². The Hall–Kier alpha value is -1.55. The van der Waals surface area contributed by atoms with Crippen LogP contribution in [0.5, 0.6) is 5.75 Å². The van der Waals surface area contributed by atoms with Crippen molar-refractivity contribution in [1.82, 2.24) is 4.90 Å². The number of carbonyl (C=O) groups excluding carboxylic acids is 1. The van der Waals surface area contributed by atoms with E-state index in [-0.39, 0.29) is 18.0 Å². The van der Waals surface area contributed by atoms with Crippen LogP contribution in [0.2, 0.25) is 0 Å². The molecule has 2 atom stereocenters. The average Bonchev–Trinajstić information content (AvgIpc) is 3.15. The number of amides is 1. The van der Waals surface area contributed by atoms with Crippen molar-refractivity contribution in [2.45, 2.75) is 44.3 Å². The standard InChI is InChI=1S/C15H20N2O2/c1-9-7-10(3-6-13(9)19-2)15-12(16)8-14(18)17(15)11-4-5-11/h3,6-7,11-12,15H,4-5,8,16H2,1-2H3. The molecule has 0 spiro atoms. The Balaban J connectivity index is 1.95. The van der Waals surface area contributed by atoms with Crippen LogP contribution in [0, 0.1) is 6.92 Å². The molecule has 1 aliphatic heterocycles. The van der Waals surface area contributed by atoms with E-state index in [2.05, 4.69) is 6.07 Å². The molecule has 1 aromatic carbocycles. The molecule has 2 aliphatic rings. The second-order valence-corrected chi connectivity index (χ2v) is 5.57. The van der Waals surface area contributed by atoms with Crippen molar-refractivity contribution < 1.29 is 9.53 Å². The maximum absolute atomic E-state index is 12.1. The fourth-order valence-electron chi connectivity index (χ4n) is 3.06. The number of carbonyl (C=O) groups is 1. The molecule has 1 amide bonds. The highest BCUT2D eigenvalue weighted by Crippen LogP contribution is 2.41. The van der Waals surface area contributed by atoms with Gasteiger partial charge in [-0.25, -0.2) is 0 Å². The Kier molecular flexibility index (Phi) is 2.97. The van der Waals surface area contributed by atoms with Crippen LogP contribution >= 0.6 is 0 Å². The van der Waals surface area contributed by atoms with E-state index >= 15 is 0 Å². The summed E-state index contributed by atoms with van der Waals surface area (Å²) in [6.07, 6.45) is 2.69. The van der Waals surface area contributed by atoms with E-state index in [1.165, 1.54) is 0 Å². The van der Waals surface area contributed by atoms with Crippen molar-refractivity contribution in [3.05, 3.63) is 29.3 Å². The van der Waals surface area contributed by atoms with Gasteiger partial charge in [0.1, 0.15) is 5.75 Å². The number of hydrogen-bond donors (Lipinski definition) is 1. The van der Waals surface area contributed by atoms with Crippen molar-refractivity contribution in [2.75, 3.05) is 7.11 Å². The van der Waals surface area contributed by atoms with Gasteiger partial charge in [0.15, 0.2) is 0 Å². The minimum atomic E-state index is -0.0964. The Labute approximate surface area is 113 Å².